The standard InChI is InChI=1S/C17H15ClN4OS/c1-2-8-21(11-14-3-4-15(18)24-14)17(23)13-5-6-20-16(10-13)22-9-7-19-12-22/h2-7,9-10,12H,1,8,11H2. The van der Waals surface area contributed by atoms with Gasteiger partial charge in [-0.05, 0) is 24.3 Å². The van der Waals surface area contributed by atoms with Crippen molar-refractivity contribution in [2.24, 2.45) is 0 Å². The predicted molar refractivity (Wildman–Crippen MR) is 95.6 cm³/mol. The first-order valence-corrected chi connectivity index (χ1v) is 8.45. The SMILES string of the molecule is C=CCN(Cc1ccc(Cl)s1)C(=O)c1ccnc(-n2ccnc2)c1. The molecule has 122 valence electrons. The lowest BCUT2D eigenvalue weighted by Crippen LogP contribution is -2.30. The third-order valence-electron chi connectivity index (χ3n) is 3.37. The van der Waals surface area contributed by atoms with Gasteiger partial charge in [0.25, 0.3) is 5.91 Å². The van der Waals surface area contributed by atoms with Crippen LogP contribution in [-0.2, 0) is 6.54 Å². The molecule has 7 heteroatoms. The number of carbonyl (C=O) groups is 1. The van der Waals surface area contributed by atoms with E-state index in [1.165, 1.54) is 11.3 Å². The molecular formula is C17H15ClN4OS. The molecule has 3 aromatic heterocycles. The molecule has 0 aromatic carbocycles. The van der Waals surface area contributed by atoms with Gasteiger partial charge in [-0.3, -0.25) is 9.36 Å². The van der Waals surface area contributed by atoms with Crippen LogP contribution in [0.25, 0.3) is 5.82 Å². The normalized spacial score (nSPS) is 10.5. The van der Waals surface area contributed by atoms with Crippen LogP contribution in [0.5, 0.6) is 0 Å². The summed E-state index contributed by atoms with van der Waals surface area (Å²) in [4.78, 5) is 23.9. The van der Waals surface area contributed by atoms with Crippen molar-refractivity contribution in [3.63, 3.8) is 0 Å². The number of rotatable bonds is 6. The molecule has 0 saturated carbocycles. The number of amides is 1. The Balaban J connectivity index is 1.84. The Morgan fingerprint density at radius 1 is 1.38 bits per heavy atom. The second-order valence-corrected chi connectivity index (χ2v) is 6.85. The minimum Gasteiger partial charge on any atom is -0.330 e. The zero-order valence-electron chi connectivity index (χ0n) is 12.8. The number of nitrogens with zero attached hydrogens (tertiary/aromatic N) is 4. The van der Waals surface area contributed by atoms with Gasteiger partial charge >= 0.3 is 0 Å². The summed E-state index contributed by atoms with van der Waals surface area (Å²) in [5, 5.41) is 0. The third-order valence-corrected chi connectivity index (χ3v) is 4.59. The highest BCUT2D eigenvalue weighted by atomic mass is 35.5. The molecule has 0 spiro atoms. The Hall–Kier alpha value is -2.44. The Kier molecular flexibility index (Phi) is 5.08. The van der Waals surface area contributed by atoms with Crippen LogP contribution in [0.4, 0.5) is 0 Å². The van der Waals surface area contributed by atoms with E-state index in [4.69, 9.17) is 11.6 Å². The zero-order valence-corrected chi connectivity index (χ0v) is 14.4. The van der Waals surface area contributed by atoms with Crippen molar-refractivity contribution in [1.29, 1.82) is 0 Å². The fourth-order valence-electron chi connectivity index (χ4n) is 2.27. The average molecular weight is 359 g/mol. The van der Waals surface area contributed by atoms with Crippen LogP contribution < -0.4 is 0 Å². The van der Waals surface area contributed by atoms with Crippen LogP contribution >= 0.6 is 22.9 Å². The van der Waals surface area contributed by atoms with Crippen LogP contribution in [0.2, 0.25) is 4.34 Å². The molecule has 0 bridgehead atoms. The molecule has 24 heavy (non-hydrogen) atoms. The van der Waals surface area contributed by atoms with Crippen molar-refractivity contribution in [2.45, 2.75) is 6.54 Å². The molecule has 0 radical (unpaired) electrons. The number of thiophene rings is 1. The lowest BCUT2D eigenvalue weighted by molar-refractivity contribution is 0.0764. The van der Waals surface area contributed by atoms with Crippen LogP contribution in [0.3, 0.4) is 0 Å². The Labute approximate surface area is 148 Å². The molecule has 3 rings (SSSR count). The van der Waals surface area contributed by atoms with E-state index in [9.17, 15) is 4.79 Å². The fraction of sp³-hybridized carbons (Fsp3) is 0.118. The highest BCUT2D eigenvalue weighted by Crippen LogP contribution is 2.23. The number of aromatic nitrogens is 3. The van der Waals surface area contributed by atoms with Crippen LogP contribution in [0, 0.1) is 0 Å². The summed E-state index contributed by atoms with van der Waals surface area (Å²) >= 11 is 7.44. The lowest BCUT2D eigenvalue weighted by atomic mass is 10.2. The van der Waals surface area contributed by atoms with Gasteiger partial charge in [0.1, 0.15) is 12.1 Å². The largest absolute Gasteiger partial charge is 0.330 e. The highest BCUT2D eigenvalue weighted by molar-refractivity contribution is 7.16. The van der Waals surface area contributed by atoms with E-state index in [0.717, 1.165) is 4.88 Å². The summed E-state index contributed by atoms with van der Waals surface area (Å²) in [5.41, 5.74) is 0.568. The molecular weight excluding hydrogens is 344 g/mol. The first-order chi connectivity index (χ1) is 11.7. The van der Waals surface area contributed by atoms with E-state index in [1.807, 2.05) is 12.1 Å². The smallest absolute Gasteiger partial charge is 0.254 e. The lowest BCUT2D eigenvalue weighted by Gasteiger charge is -2.20. The van der Waals surface area contributed by atoms with Gasteiger partial charge in [-0.25, -0.2) is 9.97 Å². The summed E-state index contributed by atoms with van der Waals surface area (Å²) in [5.74, 6) is 0.569. The number of hydrogen-bond acceptors (Lipinski definition) is 4. The van der Waals surface area contributed by atoms with Gasteiger partial charge in [-0.2, -0.15) is 0 Å². The minimum atomic E-state index is -0.0804. The van der Waals surface area contributed by atoms with Gasteiger partial charge < -0.3 is 4.90 Å². The molecule has 5 nitrogen and oxygen atoms in total. The van der Waals surface area contributed by atoms with Crippen LogP contribution in [0.15, 0.2) is 61.8 Å². The van der Waals surface area contributed by atoms with E-state index < -0.39 is 0 Å². The van der Waals surface area contributed by atoms with Crippen molar-refractivity contribution in [3.8, 4) is 5.82 Å². The summed E-state index contributed by atoms with van der Waals surface area (Å²) in [6.45, 7) is 4.69. The maximum Gasteiger partial charge on any atom is 0.254 e. The fourth-order valence-corrected chi connectivity index (χ4v) is 3.37. The molecule has 0 N–H and O–H groups in total. The van der Waals surface area contributed by atoms with Crippen molar-refractivity contribution >= 4 is 28.8 Å². The van der Waals surface area contributed by atoms with Crippen LogP contribution in [0.1, 0.15) is 15.2 Å². The molecule has 3 aromatic rings. The van der Waals surface area contributed by atoms with Gasteiger partial charge in [0.15, 0.2) is 0 Å². The summed E-state index contributed by atoms with van der Waals surface area (Å²) in [6, 6.07) is 7.23. The molecule has 0 saturated heterocycles. The Morgan fingerprint density at radius 3 is 2.92 bits per heavy atom. The molecule has 0 fully saturated rings. The molecule has 0 aliphatic carbocycles. The Morgan fingerprint density at radius 2 is 2.25 bits per heavy atom. The first kappa shape index (κ1) is 16.4. The minimum absolute atomic E-state index is 0.0804. The van der Waals surface area contributed by atoms with E-state index in [1.54, 1.807) is 52.6 Å². The topological polar surface area (TPSA) is 51.0 Å². The second kappa shape index (κ2) is 7.42. The van der Waals surface area contributed by atoms with Gasteiger partial charge in [0.05, 0.1) is 10.9 Å². The van der Waals surface area contributed by atoms with E-state index in [-0.39, 0.29) is 5.91 Å². The number of hydrogen-bond donors (Lipinski definition) is 0. The van der Waals surface area contributed by atoms with Crippen molar-refractivity contribution in [2.75, 3.05) is 6.54 Å². The van der Waals surface area contributed by atoms with Crippen molar-refractivity contribution < 1.29 is 4.79 Å². The molecule has 1 amide bonds. The predicted octanol–water partition coefficient (Wildman–Crippen LogP) is 3.81. The van der Waals surface area contributed by atoms with E-state index in [0.29, 0.717) is 28.8 Å². The summed E-state index contributed by atoms with van der Waals surface area (Å²) < 4.78 is 2.47. The quantitative estimate of drug-likeness (QED) is 0.629. The first-order valence-electron chi connectivity index (χ1n) is 7.26. The molecule has 3 heterocycles. The number of carbonyl (C=O) groups excluding carboxylic acids is 1. The van der Waals surface area contributed by atoms with Gasteiger partial charge in [-0.15, -0.1) is 17.9 Å². The van der Waals surface area contributed by atoms with Gasteiger partial charge in [-0.1, -0.05) is 17.7 Å². The van der Waals surface area contributed by atoms with Crippen LogP contribution in [-0.4, -0.2) is 31.9 Å². The third kappa shape index (κ3) is 3.72. The maximum atomic E-state index is 12.9. The molecule has 0 atom stereocenters. The number of imidazole rings is 1. The van der Waals surface area contributed by atoms with Gasteiger partial charge in [0, 0.05) is 35.6 Å². The molecule has 0 aliphatic rings. The monoisotopic (exact) mass is 358 g/mol. The summed E-state index contributed by atoms with van der Waals surface area (Å²) in [7, 11) is 0. The Bertz CT molecular complexity index is 844. The molecule has 0 unspecified atom stereocenters. The van der Waals surface area contributed by atoms with Crippen molar-refractivity contribution in [3.05, 3.63) is 76.6 Å². The second-order valence-electron chi connectivity index (χ2n) is 5.05. The average Bonchev–Trinajstić information content (AvgIpc) is 3.26. The van der Waals surface area contributed by atoms with Crippen molar-refractivity contribution in [1.82, 2.24) is 19.4 Å². The van der Waals surface area contributed by atoms with E-state index >= 15 is 0 Å². The number of halogens is 1. The highest BCUT2D eigenvalue weighted by Gasteiger charge is 2.17. The zero-order chi connectivity index (χ0) is 16.9. The maximum absolute atomic E-state index is 12.9. The summed E-state index contributed by atoms with van der Waals surface area (Å²) in [6.07, 6.45) is 8.43. The van der Waals surface area contributed by atoms with Gasteiger partial charge in [0.2, 0.25) is 0 Å². The molecule has 0 aliphatic heterocycles. The van der Waals surface area contributed by atoms with E-state index in [2.05, 4.69) is 16.5 Å². The number of pyridine rings is 1.